The Hall–Kier alpha value is -3.20. The molecule has 1 aromatic carbocycles. The van der Waals surface area contributed by atoms with Crippen molar-refractivity contribution in [1.82, 2.24) is 15.6 Å². The van der Waals surface area contributed by atoms with Crippen LogP contribution in [0.5, 0.6) is 0 Å². The summed E-state index contributed by atoms with van der Waals surface area (Å²) in [6.45, 7) is 0.474. The van der Waals surface area contributed by atoms with E-state index in [0.29, 0.717) is 13.0 Å². The van der Waals surface area contributed by atoms with Gasteiger partial charge in [0.2, 0.25) is 11.8 Å². The number of carbonyl (C=O) groups is 3. The summed E-state index contributed by atoms with van der Waals surface area (Å²) < 4.78 is 11.1. The lowest BCUT2D eigenvalue weighted by Gasteiger charge is -2.46. The van der Waals surface area contributed by atoms with E-state index in [-0.39, 0.29) is 25.4 Å². The van der Waals surface area contributed by atoms with E-state index in [1.165, 1.54) is 0 Å². The summed E-state index contributed by atoms with van der Waals surface area (Å²) in [6.07, 6.45) is -4.74. The maximum absolute atomic E-state index is 12.3. The highest BCUT2D eigenvalue weighted by Crippen LogP contribution is 2.33. The van der Waals surface area contributed by atoms with Crippen LogP contribution >= 0.6 is 0 Å². The third kappa shape index (κ3) is 7.91. The Bertz CT molecular complexity index is 1150. The molecule has 0 saturated carbocycles. The smallest absolute Gasteiger partial charge is 0.364 e. The number of aliphatic hydroxyl groups excluding tert-OH is 4. The molecular weight excluding hydrogens is 514 g/mol. The van der Waals surface area contributed by atoms with Crippen LogP contribution in [0.4, 0.5) is 0 Å². The van der Waals surface area contributed by atoms with Crippen LogP contribution in [0.25, 0.3) is 10.9 Å². The fraction of sp³-hybridized carbons (Fsp3) is 0.538. The number of hydrogen-bond acceptors (Lipinski definition) is 10. The number of carboxylic acids is 1. The van der Waals surface area contributed by atoms with Crippen molar-refractivity contribution in [1.29, 1.82) is 0 Å². The molecule has 214 valence electrons. The molecule has 0 radical (unpaired) electrons. The van der Waals surface area contributed by atoms with Gasteiger partial charge in [0.05, 0.1) is 30.9 Å². The molecule has 3 rings (SSSR count). The molecule has 0 bridgehead atoms. The van der Waals surface area contributed by atoms with E-state index in [9.17, 15) is 39.9 Å². The highest BCUT2D eigenvalue weighted by atomic mass is 16.7. The second kappa shape index (κ2) is 13.7. The zero-order valence-corrected chi connectivity index (χ0v) is 21.5. The van der Waals surface area contributed by atoms with Crippen LogP contribution in [-0.4, -0.2) is 97.8 Å². The summed E-state index contributed by atoms with van der Waals surface area (Å²) in [5.41, 5.74) is 1.78. The van der Waals surface area contributed by atoms with Crippen LogP contribution in [0, 0.1) is 0 Å². The number of benzene rings is 1. The molecule has 6 atom stereocenters. The van der Waals surface area contributed by atoms with Gasteiger partial charge in [-0.05, 0) is 36.6 Å². The van der Waals surface area contributed by atoms with Crippen LogP contribution in [0.2, 0.25) is 0 Å². The largest absolute Gasteiger partial charge is 0.477 e. The van der Waals surface area contributed by atoms with Crippen molar-refractivity contribution < 1.29 is 49.4 Å². The summed E-state index contributed by atoms with van der Waals surface area (Å²) in [5, 5.41) is 56.1. The Morgan fingerprint density at radius 2 is 2.00 bits per heavy atom. The average Bonchev–Trinajstić information content (AvgIpc) is 2.91. The van der Waals surface area contributed by atoms with Gasteiger partial charge in [0.25, 0.3) is 5.79 Å². The zero-order valence-electron chi connectivity index (χ0n) is 21.5. The van der Waals surface area contributed by atoms with Gasteiger partial charge in [0.1, 0.15) is 18.3 Å². The molecule has 4 unspecified atom stereocenters. The molecule has 2 amide bonds. The number of fused-ring (bicyclic) bond motifs is 1. The number of hydrogen-bond donors (Lipinski definition) is 7. The summed E-state index contributed by atoms with van der Waals surface area (Å²) >= 11 is 0. The zero-order chi connectivity index (χ0) is 28.6. The van der Waals surface area contributed by atoms with Gasteiger partial charge in [-0.25, -0.2) is 4.79 Å². The van der Waals surface area contributed by atoms with Gasteiger partial charge < -0.3 is 45.6 Å². The summed E-state index contributed by atoms with van der Waals surface area (Å²) in [6, 6.07) is 8.21. The first-order valence-electron chi connectivity index (χ1n) is 12.6. The molecule has 1 fully saturated rings. The number of nitrogens with zero attached hydrogens (tertiary/aromatic N) is 1. The maximum Gasteiger partial charge on any atom is 0.364 e. The number of aliphatic carboxylic acids is 1. The molecule has 7 N–H and O–H groups in total. The van der Waals surface area contributed by atoms with Crippen LogP contribution in [0.1, 0.15) is 38.2 Å². The van der Waals surface area contributed by atoms with Crippen molar-refractivity contribution >= 4 is 28.7 Å². The lowest BCUT2D eigenvalue weighted by Crippen LogP contribution is -2.67. The number of amides is 2. The fourth-order valence-electron chi connectivity index (χ4n) is 4.43. The standard InChI is InChI=1S/C26H35N3O10/c1-15(31)29-22-19(32)12-26(25(36)37,39-24(22)23(35)20(33)14-30)38-10-3-2-6-21(34)28-13-16-7-8-18-17(11-16)5-4-9-27-18/h4-5,7-9,11,19-20,22-24,30,32-33,35H,2-3,6,10,12-14H2,1H3,(H,28,34)(H,29,31)(H,36,37)/t19?,20-,22?,23-,24?,26?/m1/s1. The number of ether oxygens (including phenoxy) is 2. The minimum atomic E-state index is -2.39. The van der Waals surface area contributed by atoms with Gasteiger partial charge in [-0.3, -0.25) is 14.6 Å². The van der Waals surface area contributed by atoms with Gasteiger partial charge in [-0.15, -0.1) is 0 Å². The molecule has 39 heavy (non-hydrogen) atoms. The predicted octanol–water partition coefficient (Wildman–Crippen LogP) is -0.813. The Morgan fingerprint density at radius 1 is 1.23 bits per heavy atom. The SMILES string of the molecule is CC(=O)NC1C(O)CC(OCCCCC(=O)NCc2ccc3ncccc3c2)(C(=O)O)OC1[C@H](O)[C@H](O)CO. The molecule has 13 heteroatoms. The molecular formula is C26H35N3O10. The van der Waals surface area contributed by atoms with Crippen LogP contribution in [0.3, 0.4) is 0 Å². The normalized spacial score (nSPS) is 24.6. The Balaban J connectivity index is 1.52. The molecule has 1 aliphatic rings. The lowest BCUT2D eigenvalue weighted by molar-refractivity contribution is -0.311. The van der Waals surface area contributed by atoms with Crippen molar-refractivity contribution in [3.05, 3.63) is 42.1 Å². The Morgan fingerprint density at radius 3 is 2.69 bits per heavy atom. The third-order valence-electron chi connectivity index (χ3n) is 6.48. The van der Waals surface area contributed by atoms with Crippen LogP contribution in [-0.2, 0) is 30.4 Å². The molecule has 1 aromatic heterocycles. The maximum atomic E-state index is 12.3. The van der Waals surface area contributed by atoms with Crippen molar-refractivity contribution in [2.24, 2.45) is 0 Å². The summed E-state index contributed by atoms with van der Waals surface area (Å²) in [4.78, 5) is 40.2. The van der Waals surface area contributed by atoms with E-state index < -0.39 is 61.1 Å². The molecule has 1 saturated heterocycles. The number of carboxylic acid groups (broad SMARTS) is 1. The minimum absolute atomic E-state index is 0.153. The second-order valence-electron chi connectivity index (χ2n) is 9.49. The van der Waals surface area contributed by atoms with Crippen LogP contribution in [0.15, 0.2) is 36.5 Å². The molecule has 0 spiro atoms. The number of aliphatic hydroxyl groups is 4. The highest BCUT2D eigenvalue weighted by molar-refractivity contribution is 5.79. The van der Waals surface area contributed by atoms with Crippen molar-refractivity contribution in [2.45, 2.75) is 75.4 Å². The number of unbranched alkanes of at least 4 members (excludes halogenated alkanes) is 1. The van der Waals surface area contributed by atoms with Gasteiger partial charge in [0.15, 0.2) is 0 Å². The van der Waals surface area contributed by atoms with Gasteiger partial charge >= 0.3 is 5.97 Å². The third-order valence-corrected chi connectivity index (χ3v) is 6.48. The molecule has 2 aromatic rings. The first-order valence-corrected chi connectivity index (χ1v) is 12.6. The summed E-state index contributed by atoms with van der Waals surface area (Å²) in [5.74, 6) is -4.75. The average molecular weight is 550 g/mol. The molecule has 2 heterocycles. The van der Waals surface area contributed by atoms with E-state index in [4.69, 9.17) is 9.47 Å². The number of rotatable bonds is 13. The van der Waals surface area contributed by atoms with Gasteiger partial charge in [-0.1, -0.05) is 12.1 Å². The molecule has 0 aliphatic carbocycles. The second-order valence-corrected chi connectivity index (χ2v) is 9.49. The lowest BCUT2D eigenvalue weighted by atomic mass is 9.88. The highest BCUT2D eigenvalue weighted by Gasteiger charge is 2.55. The van der Waals surface area contributed by atoms with Crippen molar-refractivity contribution in [3.8, 4) is 0 Å². The minimum Gasteiger partial charge on any atom is -0.477 e. The predicted molar refractivity (Wildman–Crippen MR) is 136 cm³/mol. The number of pyridine rings is 1. The van der Waals surface area contributed by atoms with Crippen molar-refractivity contribution in [3.63, 3.8) is 0 Å². The number of nitrogens with one attached hydrogen (secondary N) is 2. The van der Waals surface area contributed by atoms with E-state index >= 15 is 0 Å². The van der Waals surface area contributed by atoms with Gasteiger partial charge in [0, 0.05) is 37.9 Å². The van der Waals surface area contributed by atoms with E-state index in [0.717, 1.165) is 23.4 Å². The Labute approximate surface area is 224 Å². The fourth-order valence-corrected chi connectivity index (χ4v) is 4.43. The van der Waals surface area contributed by atoms with Crippen molar-refractivity contribution in [2.75, 3.05) is 13.2 Å². The first-order chi connectivity index (χ1) is 18.6. The van der Waals surface area contributed by atoms with E-state index in [1.807, 2.05) is 30.3 Å². The van der Waals surface area contributed by atoms with E-state index in [2.05, 4.69) is 15.6 Å². The molecule has 13 nitrogen and oxygen atoms in total. The van der Waals surface area contributed by atoms with Gasteiger partial charge in [-0.2, -0.15) is 0 Å². The quantitative estimate of drug-likeness (QED) is 0.154. The number of aromatic nitrogens is 1. The summed E-state index contributed by atoms with van der Waals surface area (Å²) in [7, 11) is 0. The topological polar surface area (TPSA) is 208 Å². The monoisotopic (exact) mass is 549 g/mol. The van der Waals surface area contributed by atoms with Crippen LogP contribution < -0.4 is 10.6 Å². The Kier molecular flexibility index (Phi) is 10.7. The molecule has 1 aliphatic heterocycles. The number of carbonyl (C=O) groups excluding carboxylic acids is 2. The first kappa shape index (κ1) is 30.3. The van der Waals surface area contributed by atoms with E-state index in [1.54, 1.807) is 6.20 Å².